The van der Waals surface area contributed by atoms with Crippen LogP contribution in [0.4, 0.5) is 4.39 Å². The van der Waals surface area contributed by atoms with Gasteiger partial charge in [-0.1, -0.05) is 43.3 Å². The van der Waals surface area contributed by atoms with Crippen molar-refractivity contribution in [1.29, 1.82) is 0 Å². The second-order valence-electron chi connectivity index (χ2n) is 9.05. The summed E-state index contributed by atoms with van der Waals surface area (Å²) in [5.41, 5.74) is 6.78. The van der Waals surface area contributed by atoms with Gasteiger partial charge in [0.25, 0.3) is 0 Å². The van der Waals surface area contributed by atoms with Gasteiger partial charge in [0.15, 0.2) is 0 Å². The SMILES string of the molecule is CC/C(Cc1ccc(CN2Cc3ccc(C(=NC)N/C=C/NC(=O)CCNC=O)cc3C2)cc1)=C(\C)F. The zero-order valence-corrected chi connectivity index (χ0v) is 21.8. The van der Waals surface area contributed by atoms with Gasteiger partial charge in [0, 0.05) is 57.6 Å². The number of carbonyl (C=O) groups is 2. The Morgan fingerprint density at radius 1 is 1.05 bits per heavy atom. The number of aliphatic imine (C=N–C) groups is 1. The first-order chi connectivity index (χ1) is 17.9. The monoisotopic (exact) mass is 505 g/mol. The summed E-state index contributed by atoms with van der Waals surface area (Å²) in [6.45, 7) is 6.41. The first-order valence-electron chi connectivity index (χ1n) is 12.5. The first-order valence-corrected chi connectivity index (χ1v) is 12.5. The summed E-state index contributed by atoms with van der Waals surface area (Å²) in [5.74, 6) is 0.441. The number of nitrogens with one attached hydrogen (secondary N) is 3. The fourth-order valence-corrected chi connectivity index (χ4v) is 4.33. The Balaban J connectivity index is 1.54. The van der Waals surface area contributed by atoms with Gasteiger partial charge in [-0.05, 0) is 53.7 Å². The van der Waals surface area contributed by atoms with Crippen LogP contribution in [0, 0.1) is 0 Å². The molecule has 0 bridgehead atoms. The molecule has 0 saturated heterocycles. The van der Waals surface area contributed by atoms with Crippen LogP contribution in [0.25, 0.3) is 0 Å². The van der Waals surface area contributed by atoms with Gasteiger partial charge in [0.05, 0.1) is 5.83 Å². The molecule has 3 rings (SSSR count). The van der Waals surface area contributed by atoms with E-state index < -0.39 is 0 Å². The molecule has 0 fully saturated rings. The van der Waals surface area contributed by atoms with Crippen molar-refractivity contribution in [1.82, 2.24) is 20.9 Å². The average Bonchev–Trinajstić information content (AvgIpc) is 3.29. The van der Waals surface area contributed by atoms with Crippen molar-refractivity contribution in [2.45, 2.75) is 52.7 Å². The lowest BCUT2D eigenvalue weighted by Crippen LogP contribution is -2.25. The van der Waals surface area contributed by atoms with Crippen molar-refractivity contribution in [2.24, 2.45) is 4.99 Å². The molecule has 0 aliphatic carbocycles. The molecule has 0 spiro atoms. The summed E-state index contributed by atoms with van der Waals surface area (Å²) >= 11 is 0. The highest BCUT2D eigenvalue weighted by molar-refractivity contribution is 5.99. The van der Waals surface area contributed by atoms with Crippen molar-refractivity contribution in [2.75, 3.05) is 13.6 Å². The number of fused-ring (bicyclic) bond motifs is 1. The van der Waals surface area contributed by atoms with Crippen molar-refractivity contribution in [3.63, 3.8) is 0 Å². The summed E-state index contributed by atoms with van der Waals surface area (Å²) < 4.78 is 13.6. The Morgan fingerprint density at radius 3 is 2.43 bits per heavy atom. The first kappa shape index (κ1) is 27.8. The number of hydrogen-bond donors (Lipinski definition) is 3. The van der Waals surface area contributed by atoms with Crippen molar-refractivity contribution in [3.05, 3.63) is 94.1 Å². The third-order valence-electron chi connectivity index (χ3n) is 6.38. The Bertz CT molecular complexity index is 1170. The van der Waals surface area contributed by atoms with Gasteiger partial charge in [-0.3, -0.25) is 19.5 Å². The molecule has 0 atom stereocenters. The van der Waals surface area contributed by atoms with E-state index in [0.29, 0.717) is 25.2 Å². The van der Waals surface area contributed by atoms with Gasteiger partial charge in [0.2, 0.25) is 12.3 Å². The predicted molar refractivity (Wildman–Crippen MR) is 145 cm³/mol. The third-order valence-corrected chi connectivity index (χ3v) is 6.38. The van der Waals surface area contributed by atoms with Gasteiger partial charge in [-0.2, -0.15) is 0 Å². The standard InChI is InChI=1S/C29H36FN5O2/c1-4-24(21(2)30)15-22-5-7-23(8-6-22)17-35-18-26-10-9-25(16-27(26)19-35)29(31-3)34-14-13-33-28(37)11-12-32-20-36/h5-10,13-14,16,20H,4,11-12,15,17-19H2,1-3H3,(H,31,34)(H,32,36)(H,33,37)/b14-13+,24-21-. The molecule has 196 valence electrons. The van der Waals surface area contributed by atoms with Crippen molar-refractivity contribution < 1.29 is 14.0 Å². The van der Waals surface area contributed by atoms with Crippen LogP contribution in [-0.4, -0.2) is 36.6 Å². The van der Waals surface area contributed by atoms with Crippen molar-refractivity contribution >= 4 is 18.2 Å². The van der Waals surface area contributed by atoms with Gasteiger partial charge in [-0.15, -0.1) is 0 Å². The Kier molecular flexibility index (Phi) is 10.6. The van der Waals surface area contributed by atoms with E-state index >= 15 is 0 Å². The number of carbonyl (C=O) groups excluding carboxylic acids is 2. The third kappa shape index (κ3) is 8.39. The Labute approximate surface area is 218 Å². The molecule has 0 unspecified atom stereocenters. The maximum atomic E-state index is 13.6. The summed E-state index contributed by atoms with van der Waals surface area (Å²) in [7, 11) is 1.72. The minimum absolute atomic E-state index is 0.0739. The Morgan fingerprint density at radius 2 is 1.76 bits per heavy atom. The zero-order chi connectivity index (χ0) is 26.6. The van der Waals surface area contributed by atoms with E-state index in [1.807, 2.05) is 6.92 Å². The molecule has 2 aromatic carbocycles. The van der Waals surface area contributed by atoms with Crippen LogP contribution in [0.1, 0.15) is 54.5 Å². The zero-order valence-electron chi connectivity index (χ0n) is 21.8. The molecule has 3 N–H and O–H groups in total. The maximum Gasteiger partial charge on any atom is 0.225 e. The van der Waals surface area contributed by atoms with Crippen LogP contribution >= 0.6 is 0 Å². The highest BCUT2D eigenvalue weighted by Gasteiger charge is 2.20. The lowest BCUT2D eigenvalue weighted by molar-refractivity contribution is -0.120. The lowest BCUT2D eigenvalue weighted by atomic mass is 10.0. The van der Waals surface area contributed by atoms with Gasteiger partial charge < -0.3 is 16.0 Å². The number of hydrogen-bond acceptors (Lipinski definition) is 4. The van der Waals surface area contributed by atoms with Crippen LogP contribution < -0.4 is 16.0 Å². The molecular formula is C29H36FN5O2. The number of nitrogens with zero attached hydrogens (tertiary/aromatic N) is 2. The molecule has 0 radical (unpaired) electrons. The van der Waals surface area contributed by atoms with Crippen LogP contribution in [-0.2, 0) is 35.6 Å². The summed E-state index contributed by atoms with van der Waals surface area (Å²) in [6, 6.07) is 14.8. The van der Waals surface area contributed by atoms with Crippen LogP contribution in [0.3, 0.4) is 0 Å². The minimum atomic E-state index is -0.188. The molecule has 37 heavy (non-hydrogen) atoms. The molecular weight excluding hydrogens is 469 g/mol. The molecule has 1 aliphatic heterocycles. The molecule has 8 heteroatoms. The maximum absolute atomic E-state index is 13.6. The van der Waals surface area contributed by atoms with Crippen molar-refractivity contribution in [3.8, 4) is 0 Å². The lowest BCUT2D eigenvalue weighted by Gasteiger charge is -2.15. The molecule has 7 nitrogen and oxygen atoms in total. The summed E-state index contributed by atoms with van der Waals surface area (Å²) in [5, 5.41) is 8.22. The van der Waals surface area contributed by atoms with Gasteiger partial charge >= 0.3 is 0 Å². The van der Waals surface area contributed by atoms with E-state index in [4.69, 9.17) is 0 Å². The van der Waals surface area contributed by atoms with Gasteiger partial charge in [0.1, 0.15) is 5.84 Å². The van der Waals surface area contributed by atoms with Crippen LogP contribution in [0.5, 0.6) is 0 Å². The molecule has 2 aromatic rings. The van der Waals surface area contributed by atoms with Gasteiger partial charge in [-0.25, -0.2) is 4.39 Å². The second-order valence-corrected chi connectivity index (χ2v) is 9.05. The largest absolute Gasteiger partial charge is 0.358 e. The van der Waals surface area contributed by atoms with E-state index in [2.05, 4.69) is 68.3 Å². The number of rotatable bonds is 12. The smallest absolute Gasteiger partial charge is 0.225 e. The quantitative estimate of drug-likeness (QED) is 0.176. The molecule has 1 aliphatic rings. The fourth-order valence-electron chi connectivity index (χ4n) is 4.33. The number of allylic oxidation sites excluding steroid dienone is 2. The number of halogens is 1. The van der Waals surface area contributed by atoms with E-state index in [-0.39, 0.29) is 18.2 Å². The highest BCUT2D eigenvalue weighted by Crippen LogP contribution is 2.26. The molecule has 0 saturated carbocycles. The summed E-state index contributed by atoms with van der Waals surface area (Å²) in [6.07, 6.45) is 5.32. The fraction of sp³-hybridized carbons (Fsp3) is 0.345. The number of amides is 2. The number of benzene rings is 2. The number of amidine groups is 1. The normalized spacial score (nSPS) is 14.3. The predicted octanol–water partition coefficient (Wildman–Crippen LogP) is 4.09. The van der Waals surface area contributed by atoms with Crippen LogP contribution in [0.15, 0.2) is 71.3 Å². The van der Waals surface area contributed by atoms with Crippen LogP contribution in [0.2, 0.25) is 0 Å². The molecule has 0 aromatic heterocycles. The van der Waals surface area contributed by atoms with E-state index in [1.54, 1.807) is 13.2 Å². The van der Waals surface area contributed by atoms with E-state index in [9.17, 15) is 14.0 Å². The topological polar surface area (TPSA) is 85.8 Å². The van der Waals surface area contributed by atoms with E-state index in [1.165, 1.54) is 29.8 Å². The molecule has 1 heterocycles. The second kappa shape index (κ2) is 14.1. The minimum Gasteiger partial charge on any atom is -0.358 e. The molecule has 2 amide bonds. The highest BCUT2D eigenvalue weighted by atomic mass is 19.1. The average molecular weight is 506 g/mol. The summed E-state index contributed by atoms with van der Waals surface area (Å²) in [4.78, 5) is 28.7. The van der Waals surface area contributed by atoms with E-state index in [0.717, 1.165) is 42.8 Å². The Hall–Kier alpha value is -3.78.